The van der Waals surface area contributed by atoms with E-state index in [1.54, 1.807) is 0 Å². The summed E-state index contributed by atoms with van der Waals surface area (Å²) < 4.78 is 41.4. The smallest absolute Gasteiger partial charge is 0.387 e. The van der Waals surface area contributed by atoms with Crippen LogP contribution in [0.1, 0.15) is 13.8 Å². The monoisotopic (exact) mass is 306 g/mol. The van der Waals surface area contributed by atoms with Crippen LogP contribution in [0.15, 0.2) is 18.2 Å². The van der Waals surface area contributed by atoms with Crippen LogP contribution in [-0.4, -0.2) is 41.8 Å². The Labute approximate surface area is 120 Å². The number of aliphatic hydroxyl groups is 1. The largest absolute Gasteiger partial charge is 0.432 e. The molecule has 0 bridgehead atoms. The molecule has 118 valence electrons. The zero-order valence-corrected chi connectivity index (χ0v) is 11.9. The number of amides is 2. The highest BCUT2D eigenvalue weighted by molar-refractivity contribution is 5.89. The van der Waals surface area contributed by atoms with Crippen LogP contribution in [0, 0.1) is 5.82 Å². The fourth-order valence-corrected chi connectivity index (χ4v) is 1.64. The molecule has 1 aromatic carbocycles. The fourth-order valence-electron chi connectivity index (χ4n) is 1.64. The van der Waals surface area contributed by atoms with E-state index in [0.717, 1.165) is 12.1 Å². The third-order valence-corrected chi connectivity index (χ3v) is 2.37. The van der Waals surface area contributed by atoms with Crippen molar-refractivity contribution < 1.29 is 27.8 Å². The van der Waals surface area contributed by atoms with Crippen molar-refractivity contribution in [3.05, 3.63) is 24.0 Å². The van der Waals surface area contributed by atoms with Crippen LogP contribution in [0.2, 0.25) is 0 Å². The second-order valence-electron chi connectivity index (χ2n) is 5.12. The summed E-state index contributed by atoms with van der Waals surface area (Å²) in [4.78, 5) is 13.0. The Balaban J connectivity index is 2.71. The van der Waals surface area contributed by atoms with Gasteiger partial charge in [-0.05, 0) is 26.0 Å². The molecule has 0 atom stereocenters. The fraction of sp³-hybridized carbons (Fsp3) is 0.462. The van der Waals surface area contributed by atoms with Gasteiger partial charge in [-0.15, -0.1) is 0 Å². The van der Waals surface area contributed by atoms with Crippen LogP contribution >= 0.6 is 0 Å². The van der Waals surface area contributed by atoms with Gasteiger partial charge in [-0.2, -0.15) is 8.78 Å². The molecular formula is C13H17F3N2O3. The average Bonchev–Trinajstić information content (AvgIpc) is 2.30. The van der Waals surface area contributed by atoms with Crippen molar-refractivity contribution in [3.8, 4) is 5.75 Å². The standard InChI is InChI=1S/C13H17F3N2O3/c1-13(2,20)7-18(3)12(19)17-8-4-5-10(9(14)6-8)21-11(15)16/h4-6,11,20H,7H2,1-3H3,(H,17,19). The molecule has 0 unspecified atom stereocenters. The molecule has 0 heterocycles. The predicted molar refractivity (Wildman–Crippen MR) is 71.0 cm³/mol. The Bertz CT molecular complexity index is 504. The number of urea groups is 1. The van der Waals surface area contributed by atoms with Crippen molar-refractivity contribution in [2.24, 2.45) is 0 Å². The van der Waals surface area contributed by atoms with E-state index in [2.05, 4.69) is 10.1 Å². The van der Waals surface area contributed by atoms with Gasteiger partial charge in [-0.3, -0.25) is 0 Å². The first-order valence-electron chi connectivity index (χ1n) is 6.07. The second-order valence-corrected chi connectivity index (χ2v) is 5.12. The molecule has 0 radical (unpaired) electrons. The number of alkyl halides is 2. The average molecular weight is 306 g/mol. The van der Waals surface area contributed by atoms with E-state index in [4.69, 9.17) is 0 Å². The Hall–Kier alpha value is -1.96. The maximum Gasteiger partial charge on any atom is 0.387 e. The minimum atomic E-state index is -3.13. The summed E-state index contributed by atoms with van der Waals surface area (Å²) in [5.74, 6) is -1.62. The normalized spacial score (nSPS) is 11.4. The summed E-state index contributed by atoms with van der Waals surface area (Å²) in [5, 5.41) is 12.0. The number of rotatable bonds is 5. The lowest BCUT2D eigenvalue weighted by Gasteiger charge is -2.25. The van der Waals surface area contributed by atoms with Crippen molar-refractivity contribution in [2.45, 2.75) is 26.1 Å². The number of nitrogens with zero attached hydrogens (tertiary/aromatic N) is 1. The Kier molecular flexibility index (Phi) is 5.42. The minimum Gasteiger partial charge on any atom is -0.432 e. The third kappa shape index (κ3) is 5.90. The zero-order valence-electron chi connectivity index (χ0n) is 11.9. The van der Waals surface area contributed by atoms with E-state index in [0.29, 0.717) is 0 Å². The van der Waals surface area contributed by atoms with Gasteiger partial charge in [0.05, 0.1) is 12.1 Å². The highest BCUT2D eigenvalue weighted by Crippen LogP contribution is 2.23. The molecule has 0 aromatic heterocycles. The summed E-state index contributed by atoms with van der Waals surface area (Å²) in [6.07, 6.45) is 0. The van der Waals surface area contributed by atoms with E-state index >= 15 is 0 Å². The molecular weight excluding hydrogens is 289 g/mol. The third-order valence-electron chi connectivity index (χ3n) is 2.37. The molecule has 5 nitrogen and oxygen atoms in total. The van der Waals surface area contributed by atoms with Gasteiger partial charge in [-0.25, -0.2) is 9.18 Å². The van der Waals surface area contributed by atoms with E-state index in [9.17, 15) is 23.1 Å². The summed E-state index contributed by atoms with van der Waals surface area (Å²) in [7, 11) is 1.46. The molecule has 0 saturated heterocycles. The number of nitrogens with one attached hydrogen (secondary N) is 1. The van der Waals surface area contributed by atoms with Gasteiger partial charge in [0.15, 0.2) is 11.6 Å². The summed E-state index contributed by atoms with van der Waals surface area (Å²) in [6, 6.07) is 2.52. The number of hydrogen-bond acceptors (Lipinski definition) is 3. The van der Waals surface area contributed by atoms with Crippen LogP contribution in [0.3, 0.4) is 0 Å². The zero-order chi connectivity index (χ0) is 16.2. The van der Waals surface area contributed by atoms with Crippen LogP contribution in [0.4, 0.5) is 23.7 Å². The van der Waals surface area contributed by atoms with E-state index in [1.165, 1.54) is 31.9 Å². The Morgan fingerprint density at radius 2 is 2.10 bits per heavy atom. The van der Waals surface area contributed by atoms with Gasteiger partial charge in [0.2, 0.25) is 0 Å². The Morgan fingerprint density at radius 1 is 1.48 bits per heavy atom. The van der Waals surface area contributed by atoms with E-state index in [1.807, 2.05) is 0 Å². The minimum absolute atomic E-state index is 0.0634. The lowest BCUT2D eigenvalue weighted by molar-refractivity contribution is -0.0521. The number of hydrogen-bond donors (Lipinski definition) is 2. The number of carbonyl (C=O) groups is 1. The number of benzene rings is 1. The number of anilines is 1. The highest BCUT2D eigenvalue weighted by atomic mass is 19.3. The van der Waals surface area contributed by atoms with Gasteiger partial charge in [0.1, 0.15) is 0 Å². The lowest BCUT2D eigenvalue weighted by atomic mass is 10.1. The number of likely N-dealkylation sites (N-methyl/N-ethyl adjacent to an activating group) is 1. The molecule has 21 heavy (non-hydrogen) atoms. The van der Waals surface area contributed by atoms with Crippen LogP contribution in [-0.2, 0) is 0 Å². The molecule has 0 fully saturated rings. The van der Waals surface area contributed by atoms with Gasteiger partial charge >= 0.3 is 12.6 Å². The molecule has 8 heteroatoms. The van der Waals surface area contributed by atoms with Crippen molar-refractivity contribution in [1.29, 1.82) is 0 Å². The molecule has 1 rings (SSSR count). The molecule has 0 saturated carbocycles. The first-order chi connectivity index (χ1) is 9.58. The molecule has 0 aliphatic heterocycles. The Morgan fingerprint density at radius 3 is 2.57 bits per heavy atom. The molecule has 2 N–H and O–H groups in total. The summed E-state index contributed by atoms with van der Waals surface area (Å²) >= 11 is 0. The van der Waals surface area contributed by atoms with Gasteiger partial charge < -0.3 is 20.1 Å². The van der Waals surface area contributed by atoms with Crippen molar-refractivity contribution in [2.75, 3.05) is 18.9 Å². The van der Waals surface area contributed by atoms with Gasteiger partial charge in [0.25, 0.3) is 0 Å². The molecule has 1 aromatic rings. The maximum absolute atomic E-state index is 13.5. The van der Waals surface area contributed by atoms with E-state index < -0.39 is 29.8 Å². The van der Waals surface area contributed by atoms with Crippen molar-refractivity contribution >= 4 is 11.7 Å². The van der Waals surface area contributed by atoms with Gasteiger partial charge in [0, 0.05) is 18.8 Å². The van der Waals surface area contributed by atoms with Crippen LogP contribution in [0.5, 0.6) is 5.75 Å². The lowest BCUT2D eigenvalue weighted by Crippen LogP contribution is -2.41. The SMILES string of the molecule is CN(CC(C)(C)O)C(=O)Nc1ccc(OC(F)F)c(F)c1. The van der Waals surface area contributed by atoms with E-state index in [-0.39, 0.29) is 12.2 Å². The molecule has 0 spiro atoms. The molecule has 0 aliphatic rings. The second kappa shape index (κ2) is 6.66. The quantitative estimate of drug-likeness (QED) is 0.879. The molecule has 0 aliphatic carbocycles. The number of halogens is 3. The summed E-state index contributed by atoms with van der Waals surface area (Å²) in [6.45, 7) is 0.00569. The maximum atomic E-state index is 13.5. The van der Waals surface area contributed by atoms with Crippen molar-refractivity contribution in [1.82, 2.24) is 4.90 Å². The highest BCUT2D eigenvalue weighted by Gasteiger charge is 2.19. The first kappa shape index (κ1) is 17.1. The van der Waals surface area contributed by atoms with Crippen LogP contribution in [0.25, 0.3) is 0 Å². The summed E-state index contributed by atoms with van der Waals surface area (Å²) in [5.41, 5.74) is -0.992. The van der Waals surface area contributed by atoms with Crippen LogP contribution < -0.4 is 10.1 Å². The number of carbonyl (C=O) groups excluding carboxylic acids is 1. The number of ether oxygens (including phenoxy) is 1. The topological polar surface area (TPSA) is 61.8 Å². The van der Waals surface area contributed by atoms with Gasteiger partial charge in [-0.1, -0.05) is 0 Å². The predicted octanol–water partition coefficient (Wildman–Crippen LogP) is 2.66. The van der Waals surface area contributed by atoms with Crippen molar-refractivity contribution in [3.63, 3.8) is 0 Å². The first-order valence-corrected chi connectivity index (χ1v) is 6.07. The molecule has 2 amide bonds.